The molecule has 0 saturated heterocycles. The normalized spacial score (nSPS) is 19.6. The molecule has 0 aromatic rings. The highest BCUT2D eigenvalue weighted by Gasteiger charge is 2.26. The number of nitrogens with zero attached hydrogens (tertiary/aromatic N) is 2. The lowest BCUT2D eigenvalue weighted by atomic mass is 9.85. The fourth-order valence-corrected chi connectivity index (χ4v) is 2.60. The molecule has 0 aromatic heterocycles. The number of nitrogens with one attached hydrogen (secondary N) is 1. The van der Waals surface area contributed by atoms with Crippen LogP contribution in [-0.4, -0.2) is 36.1 Å². The van der Waals surface area contributed by atoms with Crippen molar-refractivity contribution >= 4 is 0 Å². The molecule has 1 aliphatic rings. The van der Waals surface area contributed by atoms with E-state index in [0.29, 0.717) is 6.04 Å². The fourth-order valence-electron chi connectivity index (χ4n) is 2.60. The van der Waals surface area contributed by atoms with Crippen LogP contribution in [0.15, 0.2) is 0 Å². The third-order valence-electron chi connectivity index (χ3n) is 3.97. The van der Waals surface area contributed by atoms with Gasteiger partial charge in [-0.3, -0.25) is 5.32 Å². The van der Waals surface area contributed by atoms with Gasteiger partial charge in [0.1, 0.15) is 5.54 Å². The van der Waals surface area contributed by atoms with Crippen LogP contribution in [0.25, 0.3) is 0 Å². The molecule has 0 aliphatic heterocycles. The van der Waals surface area contributed by atoms with Gasteiger partial charge in [-0.15, -0.1) is 0 Å². The predicted octanol–water partition coefficient (Wildman–Crippen LogP) is 2.78. The van der Waals surface area contributed by atoms with Gasteiger partial charge in [0.2, 0.25) is 0 Å². The molecule has 3 nitrogen and oxygen atoms in total. The maximum atomic E-state index is 9.33. The van der Waals surface area contributed by atoms with Gasteiger partial charge in [0.05, 0.1) is 6.07 Å². The smallest absolute Gasteiger partial charge is 0.105 e. The average Bonchev–Trinajstić information content (AvgIpc) is 2.26. The second-order valence-corrected chi connectivity index (χ2v) is 6.18. The summed E-state index contributed by atoms with van der Waals surface area (Å²) in [6.07, 6.45) is 5.11. The second-order valence-electron chi connectivity index (χ2n) is 6.18. The summed E-state index contributed by atoms with van der Waals surface area (Å²) in [4.78, 5) is 2.50. The van der Waals surface area contributed by atoms with Crippen LogP contribution in [0.3, 0.4) is 0 Å². The van der Waals surface area contributed by atoms with E-state index in [2.05, 4.69) is 37.1 Å². The zero-order valence-corrected chi connectivity index (χ0v) is 12.5. The van der Waals surface area contributed by atoms with E-state index in [-0.39, 0.29) is 5.54 Å². The highest BCUT2D eigenvalue weighted by molar-refractivity contribution is 5.04. The topological polar surface area (TPSA) is 39.1 Å². The van der Waals surface area contributed by atoms with Gasteiger partial charge in [-0.2, -0.15) is 5.26 Å². The lowest BCUT2D eigenvalue weighted by molar-refractivity contribution is 0.172. The van der Waals surface area contributed by atoms with Gasteiger partial charge >= 0.3 is 0 Å². The molecule has 104 valence electrons. The van der Waals surface area contributed by atoms with Crippen LogP contribution in [0.5, 0.6) is 0 Å². The number of nitriles is 1. The van der Waals surface area contributed by atoms with Crippen LogP contribution >= 0.6 is 0 Å². The summed E-state index contributed by atoms with van der Waals surface area (Å²) in [6, 6.07) is 2.79. The molecule has 1 unspecified atom stereocenters. The Labute approximate surface area is 113 Å². The first kappa shape index (κ1) is 15.5. The molecule has 1 saturated carbocycles. The van der Waals surface area contributed by atoms with Gasteiger partial charge < -0.3 is 4.90 Å². The van der Waals surface area contributed by atoms with E-state index in [1.807, 2.05) is 6.92 Å². The molecule has 1 rings (SSSR count). The predicted molar refractivity (Wildman–Crippen MR) is 76.4 cm³/mol. The molecule has 0 bridgehead atoms. The lowest BCUT2D eigenvalue weighted by Gasteiger charge is -2.34. The van der Waals surface area contributed by atoms with Gasteiger partial charge in [0.25, 0.3) is 0 Å². The molecule has 1 fully saturated rings. The molecule has 3 heteroatoms. The van der Waals surface area contributed by atoms with Crippen molar-refractivity contribution in [2.75, 3.05) is 19.6 Å². The summed E-state index contributed by atoms with van der Waals surface area (Å²) in [5.74, 6) is 0.913. The average molecular weight is 251 g/mol. The Hall–Kier alpha value is -0.590. The molecule has 1 aliphatic carbocycles. The maximum absolute atomic E-state index is 9.33. The minimum atomic E-state index is -0.388. The highest BCUT2D eigenvalue weighted by atomic mass is 15.1. The second kappa shape index (κ2) is 7.11. The van der Waals surface area contributed by atoms with E-state index in [1.54, 1.807) is 0 Å². The standard InChI is InChI=1S/C15H29N3/c1-5-18(11-14-7-6-8-14)10-9-15(4,12-16)17-13(2)3/h13-14,17H,5-11H2,1-4H3. The van der Waals surface area contributed by atoms with E-state index in [9.17, 15) is 5.26 Å². The first-order valence-electron chi connectivity index (χ1n) is 7.40. The van der Waals surface area contributed by atoms with Gasteiger partial charge in [-0.05, 0) is 52.5 Å². The van der Waals surface area contributed by atoms with Crippen molar-refractivity contribution in [3.8, 4) is 6.07 Å². The third kappa shape index (κ3) is 4.96. The summed E-state index contributed by atoms with van der Waals surface area (Å²) >= 11 is 0. The molecular formula is C15H29N3. The molecule has 18 heavy (non-hydrogen) atoms. The summed E-state index contributed by atoms with van der Waals surface area (Å²) < 4.78 is 0. The molecule has 0 spiro atoms. The zero-order valence-electron chi connectivity index (χ0n) is 12.5. The van der Waals surface area contributed by atoms with Crippen molar-refractivity contribution in [2.24, 2.45) is 5.92 Å². The van der Waals surface area contributed by atoms with Crippen molar-refractivity contribution in [2.45, 2.75) is 65.0 Å². The van der Waals surface area contributed by atoms with E-state index < -0.39 is 0 Å². The molecule has 0 radical (unpaired) electrons. The molecule has 0 amide bonds. The van der Waals surface area contributed by atoms with Crippen LogP contribution < -0.4 is 5.32 Å². The minimum absolute atomic E-state index is 0.358. The van der Waals surface area contributed by atoms with Crippen LogP contribution in [-0.2, 0) is 0 Å². The maximum Gasteiger partial charge on any atom is 0.105 e. The summed E-state index contributed by atoms with van der Waals surface area (Å²) in [5, 5.41) is 12.7. The van der Waals surface area contributed by atoms with E-state index >= 15 is 0 Å². The third-order valence-corrected chi connectivity index (χ3v) is 3.97. The van der Waals surface area contributed by atoms with E-state index in [0.717, 1.165) is 25.4 Å². The van der Waals surface area contributed by atoms with Gasteiger partial charge in [-0.25, -0.2) is 0 Å². The van der Waals surface area contributed by atoms with Crippen LogP contribution in [0, 0.1) is 17.2 Å². The van der Waals surface area contributed by atoms with Crippen LogP contribution in [0.4, 0.5) is 0 Å². The van der Waals surface area contributed by atoms with Gasteiger partial charge in [0.15, 0.2) is 0 Å². The Morgan fingerprint density at radius 2 is 2.11 bits per heavy atom. The molecule has 1 N–H and O–H groups in total. The quantitative estimate of drug-likeness (QED) is 0.721. The number of hydrogen-bond acceptors (Lipinski definition) is 3. The first-order chi connectivity index (χ1) is 8.49. The Morgan fingerprint density at radius 1 is 1.44 bits per heavy atom. The fraction of sp³-hybridized carbons (Fsp3) is 0.933. The van der Waals surface area contributed by atoms with Crippen molar-refractivity contribution in [3.05, 3.63) is 0 Å². The van der Waals surface area contributed by atoms with Crippen molar-refractivity contribution in [1.82, 2.24) is 10.2 Å². The Bertz CT molecular complexity index is 278. The van der Waals surface area contributed by atoms with E-state index in [4.69, 9.17) is 0 Å². The van der Waals surface area contributed by atoms with Crippen molar-refractivity contribution < 1.29 is 0 Å². The monoisotopic (exact) mass is 251 g/mol. The Balaban J connectivity index is 2.36. The van der Waals surface area contributed by atoms with Gasteiger partial charge in [-0.1, -0.05) is 13.3 Å². The van der Waals surface area contributed by atoms with Gasteiger partial charge in [0, 0.05) is 19.1 Å². The zero-order chi connectivity index (χ0) is 13.6. The largest absolute Gasteiger partial charge is 0.303 e. The van der Waals surface area contributed by atoms with Crippen LogP contribution in [0.1, 0.15) is 53.4 Å². The summed E-state index contributed by atoms with van der Waals surface area (Å²) in [5.41, 5.74) is -0.388. The Kier molecular flexibility index (Phi) is 6.11. The molecular weight excluding hydrogens is 222 g/mol. The number of rotatable bonds is 8. The summed E-state index contributed by atoms with van der Waals surface area (Å²) in [6.45, 7) is 11.8. The van der Waals surface area contributed by atoms with Crippen molar-refractivity contribution in [3.63, 3.8) is 0 Å². The van der Waals surface area contributed by atoms with Crippen molar-refractivity contribution in [1.29, 1.82) is 5.26 Å². The Morgan fingerprint density at radius 3 is 2.50 bits per heavy atom. The minimum Gasteiger partial charge on any atom is -0.303 e. The lowest BCUT2D eigenvalue weighted by Crippen LogP contribution is -2.47. The van der Waals surface area contributed by atoms with E-state index in [1.165, 1.54) is 25.8 Å². The first-order valence-corrected chi connectivity index (χ1v) is 7.40. The molecule has 1 atom stereocenters. The SMILES string of the molecule is CCN(CCC(C)(C#N)NC(C)C)CC1CCC1. The molecule has 0 aromatic carbocycles. The molecule has 0 heterocycles. The van der Waals surface area contributed by atoms with Crippen LogP contribution in [0.2, 0.25) is 0 Å². The summed E-state index contributed by atoms with van der Waals surface area (Å²) in [7, 11) is 0. The highest BCUT2D eigenvalue weighted by Crippen LogP contribution is 2.27. The number of hydrogen-bond donors (Lipinski definition) is 1.